The molecule has 2 aliphatic heterocycles. The van der Waals surface area contributed by atoms with Crippen molar-refractivity contribution in [2.45, 2.75) is 110 Å². The summed E-state index contributed by atoms with van der Waals surface area (Å²) >= 11 is 0. The second kappa shape index (κ2) is 17.6. The van der Waals surface area contributed by atoms with Crippen molar-refractivity contribution in [3.63, 3.8) is 0 Å². The van der Waals surface area contributed by atoms with Crippen LogP contribution in [0.25, 0.3) is 0 Å². The summed E-state index contributed by atoms with van der Waals surface area (Å²) in [6, 6.07) is -1.72. The molecule has 2 rings (SSSR count). The van der Waals surface area contributed by atoms with Gasteiger partial charge in [-0.05, 0) is 0 Å². The van der Waals surface area contributed by atoms with Crippen LogP contribution in [0.2, 0.25) is 0 Å². The largest absolute Gasteiger partial charge is 0.472 e. The minimum absolute atomic E-state index is 0.629. The number of esters is 6. The smallest absolute Gasteiger partial charge is 0.463 e. The summed E-state index contributed by atoms with van der Waals surface area (Å²) < 4.78 is 65.8. The lowest BCUT2D eigenvalue weighted by atomic mass is 9.95. The van der Waals surface area contributed by atoms with Crippen LogP contribution in [-0.2, 0) is 85.3 Å². The molecule has 0 unspecified atom stereocenters. The molecule has 21 nitrogen and oxygen atoms in total. The molecule has 272 valence electrons. The average Bonchev–Trinajstić information content (AvgIpc) is 2.90. The SMILES string of the molecule is CC(=O)N[C@H]1[C@@H](OP(=O)(O)O)O[C@H](COC(C)=O)[C@@H](O[C@@H]2O[C@H](COC(C)=O)[C@@H](OC(C)=O)[C@H](OC(C)=O)[C@H]2OC(C)=O)[C@@H]1OC(C)=O. The topological polar surface area (TPSA) is 281 Å². The highest BCUT2D eigenvalue weighted by Crippen LogP contribution is 2.42. The zero-order chi connectivity index (χ0) is 36.5. The first-order valence-corrected chi connectivity index (χ1v) is 15.6. The van der Waals surface area contributed by atoms with Crippen molar-refractivity contribution in [3.8, 4) is 0 Å². The maximum atomic E-state index is 12.3. The van der Waals surface area contributed by atoms with E-state index >= 15 is 0 Å². The lowest BCUT2D eigenvalue weighted by molar-refractivity contribution is -0.346. The molecule has 0 saturated carbocycles. The molecule has 2 aliphatic rings. The van der Waals surface area contributed by atoms with Gasteiger partial charge in [0.2, 0.25) is 5.91 Å². The Morgan fingerprint density at radius 1 is 0.583 bits per heavy atom. The number of ether oxygens (including phenoxy) is 9. The van der Waals surface area contributed by atoms with E-state index in [4.69, 9.17) is 47.2 Å². The fraction of sp³-hybridized carbons (Fsp3) is 0.731. The number of carbonyl (C=O) groups excluding carboxylic acids is 7. The number of phosphoric ester groups is 1. The first-order valence-electron chi connectivity index (χ1n) is 14.1. The van der Waals surface area contributed by atoms with E-state index in [0.29, 0.717) is 0 Å². The van der Waals surface area contributed by atoms with E-state index in [1.165, 1.54) is 0 Å². The van der Waals surface area contributed by atoms with Crippen molar-refractivity contribution in [2.24, 2.45) is 0 Å². The third-order valence-corrected chi connectivity index (χ3v) is 6.73. The Morgan fingerprint density at radius 3 is 1.44 bits per heavy atom. The van der Waals surface area contributed by atoms with Gasteiger partial charge in [0.25, 0.3) is 0 Å². The van der Waals surface area contributed by atoms with Gasteiger partial charge in [0.15, 0.2) is 37.0 Å². The van der Waals surface area contributed by atoms with Crippen molar-refractivity contribution in [1.29, 1.82) is 0 Å². The van der Waals surface area contributed by atoms with E-state index in [1.54, 1.807) is 0 Å². The molecule has 0 aromatic carbocycles. The lowest BCUT2D eigenvalue weighted by Gasteiger charge is -2.49. The molecule has 48 heavy (non-hydrogen) atoms. The van der Waals surface area contributed by atoms with Crippen LogP contribution >= 0.6 is 7.82 Å². The quantitative estimate of drug-likeness (QED) is 0.109. The van der Waals surface area contributed by atoms with Crippen LogP contribution in [0, 0.1) is 0 Å². The van der Waals surface area contributed by atoms with E-state index in [1.807, 2.05) is 0 Å². The standard InChI is InChI=1S/C26H38NO20P/c1-10(28)27-19-22(41-14(5)32)20(17(8-38-11(2)29)44-25(19)47-48(35,36)37)46-26-24(43-16(7)34)23(42-15(6)33)21(40-13(4)31)18(45-26)9-39-12(3)30/h17-26H,8-9H2,1-7H3,(H,27,28)(H2,35,36,37)/t17-,18-,19-,20-,21-,22-,23+,24-,25-,26+/m1/s1. The summed E-state index contributed by atoms with van der Waals surface area (Å²) in [5.74, 6) is -6.30. The fourth-order valence-corrected chi connectivity index (χ4v) is 5.25. The zero-order valence-corrected chi connectivity index (χ0v) is 27.8. The van der Waals surface area contributed by atoms with Gasteiger partial charge in [-0.25, -0.2) is 4.57 Å². The first-order chi connectivity index (χ1) is 22.2. The highest BCUT2D eigenvalue weighted by Gasteiger charge is 2.57. The molecular formula is C26H38NO20P. The molecular weight excluding hydrogens is 677 g/mol. The van der Waals surface area contributed by atoms with Crippen molar-refractivity contribution in [1.82, 2.24) is 5.32 Å². The Hall–Kier alpha value is -3.72. The molecule has 0 aromatic heterocycles. The molecule has 0 aliphatic carbocycles. The molecule has 0 radical (unpaired) electrons. The molecule has 0 bridgehead atoms. The van der Waals surface area contributed by atoms with E-state index < -0.39 is 124 Å². The third kappa shape index (κ3) is 12.7. The molecule has 10 atom stereocenters. The fourth-order valence-electron chi connectivity index (χ4n) is 4.80. The molecule has 2 saturated heterocycles. The minimum Gasteiger partial charge on any atom is -0.463 e. The van der Waals surface area contributed by atoms with Crippen LogP contribution in [0.4, 0.5) is 0 Å². The van der Waals surface area contributed by atoms with Gasteiger partial charge in [0, 0.05) is 48.5 Å². The number of carbonyl (C=O) groups is 7. The van der Waals surface area contributed by atoms with Gasteiger partial charge >= 0.3 is 43.6 Å². The van der Waals surface area contributed by atoms with Crippen LogP contribution < -0.4 is 5.32 Å². The van der Waals surface area contributed by atoms with Gasteiger partial charge < -0.3 is 57.7 Å². The number of rotatable bonds is 13. The van der Waals surface area contributed by atoms with Crippen LogP contribution in [0.1, 0.15) is 48.5 Å². The second-order valence-corrected chi connectivity index (χ2v) is 11.6. The van der Waals surface area contributed by atoms with Crippen molar-refractivity contribution in [2.75, 3.05) is 13.2 Å². The van der Waals surface area contributed by atoms with Gasteiger partial charge in [-0.15, -0.1) is 0 Å². The maximum absolute atomic E-state index is 12.3. The predicted octanol–water partition coefficient (Wildman–Crippen LogP) is -1.71. The Bertz CT molecular complexity index is 1270. The Kier molecular flexibility index (Phi) is 14.8. The summed E-state index contributed by atoms with van der Waals surface area (Å²) in [7, 11) is -5.36. The van der Waals surface area contributed by atoms with Gasteiger partial charge in [-0.3, -0.25) is 38.1 Å². The molecule has 1 amide bonds. The van der Waals surface area contributed by atoms with Gasteiger partial charge in [-0.2, -0.15) is 0 Å². The minimum atomic E-state index is -5.36. The maximum Gasteiger partial charge on any atom is 0.472 e. The van der Waals surface area contributed by atoms with Crippen LogP contribution in [0.15, 0.2) is 0 Å². The summed E-state index contributed by atoms with van der Waals surface area (Å²) in [4.78, 5) is 104. The zero-order valence-electron chi connectivity index (χ0n) is 26.9. The Morgan fingerprint density at radius 2 is 1.00 bits per heavy atom. The van der Waals surface area contributed by atoms with Gasteiger partial charge in [0.1, 0.15) is 37.6 Å². The first kappa shape index (κ1) is 40.5. The molecule has 2 heterocycles. The van der Waals surface area contributed by atoms with Gasteiger partial charge in [0.05, 0.1) is 0 Å². The normalized spacial score (nSPS) is 30.2. The third-order valence-electron chi connectivity index (χ3n) is 6.25. The summed E-state index contributed by atoms with van der Waals surface area (Å²) in [5, 5.41) is 2.30. The van der Waals surface area contributed by atoms with E-state index in [2.05, 4.69) is 5.32 Å². The second-order valence-electron chi connectivity index (χ2n) is 10.4. The Labute approximate surface area is 273 Å². The summed E-state index contributed by atoms with van der Waals surface area (Å²) in [6.07, 6.45) is -15.6. The highest BCUT2D eigenvalue weighted by molar-refractivity contribution is 7.46. The van der Waals surface area contributed by atoms with E-state index in [0.717, 1.165) is 48.5 Å². The van der Waals surface area contributed by atoms with Crippen LogP contribution in [-0.4, -0.2) is 126 Å². The van der Waals surface area contributed by atoms with E-state index in [9.17, 15) is 47.9 Å². The molecule has 2 fully saturated rings. The lowest BCUT2D eigenvalue weighted by Crippen LogP contribution is -2.69. The molecule has 0 aromatic rings. The molecule has 0 spiro atoms. The number of phosphoric acid groups is 1. The van der Waals surface area contributed by atoms with Crippen LogP contribution in [0.3, 0.4) is 0 Å². The molecule has 3 N–H and O–H groups in total. The number of hydrogen-bond donors (Lipinski definition) is 3. The number of hydrogen-bond acceptors (Lipinski definition) is 18. The highest BCUT2D eigenvalue weighted by atomic mass is 31.2. The van der Waals surface area contributed by atoms with E-state index in [-0.39, 0.29) is 0 Å². The van der Waals surface area contributed by atoms with Crippen molar-refractivity contribution >= 4 is 49.5 Å². The van der Waals surface area contributed by atoms with Crippen molar-refractivity contribution in [3.05, 3.63) is 0 Å². The van der Waals surface area contributed by atoms with Gasteiger partial charge in [-0.1, -0.05) is 0 Å². The van der Waals surface area contributed by atoms with Crippen LogP contribution in [0.5, 0.6) is 0 Å². The molecule has 22 heteroatoms. The summed E-state index contributed by atoms with van der Waals surface area (Å²) in [6.45, 7) is 5.65. The Balaban J connectivity index is 2.75. The number of nitrogens with one attached hydrogen (secondary N) is 1. The average molecular weight is 716 g/mol. The predicted molar refractivity (Wildman–Crippen MR) is 148 cm³/mol. The summed E-state index contributed by atoms with van der Waals surface area (Å²) in [5.41, 5.74) is 0. The monoisotopic (exact) mass is 715 g/mol. The van der Waals surface area contributed by atoms with Crippen molar-refractivity contribution < 1.29 is 95.1 Å². The number of amides is 1.